The Labute approximate surface area is 167 Å². The molecule has 1 aromatic heterocycles. The SMILES string of the molecule is CCNC(=NCc1ncnn1C)NC1CC(OCC)C12CCCC2.I. The molecule has 2 atom stereocenters. The predicted octanol–water partition coefficient (Wildman–Crippen LogP) is 2.23. The summed E-state index contributed by atoms with van der Waals surface area (Å²) >= 11 is 0. The molecule has 0 aliphatic heterocycles. The molecule has 142 valence electrons. The summed E-state index contributed by atoms with van der Waals surface area (Å²) in [4.78, 5) is 8.93. The van der Waals surface area contributed by atoms with Crippen molar-refractivity contribution in [2.45, 2.75) is 64.6 Å². The number of guanidine groups is 1. The van der Waals surface area contributed by atoms with Crippen LogP contribution in [-0.4, -0.2) is 46.0 Å². The molecule has 25 heavy (non-hydrogen) atoms. The van der Waals surface area contributed by atoms with Gasteiger partial charge in [-0.25, -0.2) is 9.98 Å². The van der Waals surface area contributed by atoms with Crippen LogP contribution < -0.4 is 10.6 Å². The lowest BCUT2D eigenvalue weighted by Crippen LogP contribution is -2.65. The first-order valence-electron chi connectivity index (χ1n) is 9.19. The molecule has 0 saturated heterocycles. The summed E-state index contributed by atoms with van der Waals surface area (Å²) in [5, 5.41) is 11.1. The van der Waals surface area contributed by atoms with E-state index in [9.17, 15) is 0 Å². The maximum atomic E-state index is 6.00. The summed E-state index contributed by atoms with van der Waals surface area (Å²) in [6.45, 7) is 6.36. The van der Waals surface area contributed by atoms with Gasteiger partial charge in [-0.1, -0.05) is 12.8 Å². The van der Waals surface area contributed by atoms with Gasteiger partial charge in [0.2, 0.25) is 0 Å². The van der Waals surface area contributed by atoms with Crippen molar-refractivity contribution in [1.29, 1.82) is 0 Å². The fourth-order valence-electron chi connectivity index (χ4n) is 4.19. The Balaban J connectivity index is 0.00000225. The normalized spacial score (nSPS) is 24.7. The third kappa shape index (κ3) is 4.27. The molecule has 0 radical (unpaired) electrons. The highest BCUT2D eigenvalue weighted by molar-refractivity contribution is 14.0. The molecule has 3 rings (SSSR count). The number of halogens is 1. The molecule has 7 nitrogen and oxygen atoms in total. The summed E-state index contributed by atoms with van der Waals surface area (Å²) in [7, 11) is 1.89. The summed E-state index contributed by atoms with van der Waals surface area (Å²) in [6.07, 6.45) is 8.20. The fraction of sp³-hybridized carbons (Fsp3) is 0.824. The molecular formula is C17H31IN6O. The van der Waals surface area contributed by atoms with Gasteiger partial charge in [-0.15, -0.1) is 24.0 Å². The summed E-state index contributed by atoms with van der Waals surface area (Å²) in [6, 6.07) is 0.453. The zero-order valence-electron chi connectivity index (χ0n) is 15.5. The van der Waals surface area contributed by atoms with Crippen molar-refractivity contribution < 1.29 is 4.74 Å². The second-order valence-corrected chi connectivity index (χ2v) is 6.81. The number of nitrogens with one attached hydrogen (secondary N) is 2. The third-order valence-corrected chi connectivity index (χ3v) is 5.53. The van der Waals surface area contributed by atoms with Crippen LogP contribution in [0.15, 0.2) is 11.3 Å². The van der Waals surface area contributed by atoms with Crippen molar-refractivity contribution in [2.75, 3.05) is 13.2 Å². The van der Waals surface area contributed by atoms with Crippen molar-refractivity contribution in [3.8, 4) is 0 Å². The lowest BCUT2D eigenvalue weighted by Gasteiger charge is -2.54. The minimum atomic E-state index is 0. The van der Waals surface area contributed by atoms with Gasteiger partial charge in [-0.05, 0) is 33.1 Å². The van der Waals surface area contributed by atoms with Crippen LogP contribution in [0.1, 0.15) is 51.8 Å². The largest absolute Gasteiger partial charge is 0.378 e. The van der Waals surface area contributed by atoms with Crippen molar-refractivity contribution in [3.63, 3.8) is 0 Å². The molecule has 2 N–H and O–H groups in total. The van der Waals surface area contributed by atoms with Crippen LogP contribution in [0.2, 0.25) is 0 Å². The molecule has 1 aromatic rings. The minimum Gasteiger partial charge on any atom is -0.378 e. The molecule has 1 spiro atoms. The van der Waals surface area contributed by atoms with Gasteiger partial charge in [0, 0.05) is 31.7 Å². The van der Waals surface area contributed by atoms with Crippen LogP contribution in [-0.2, 0) is 18.3 Å². The standard InChI is InChI=1S/C17H30N6O.HI/c1-4-18-16(19-11-15-20-12-21-23(15)3)22-13-10-14(24-5-2)17(13)8-6-7-9-17;/h12-14H,4-11H2,1-3H3,(H2,18,19,22);1H. The molecule has 2 unspecified atom stereocenters. The number of hydrogen-bond donors (Lipinski definition) is 2. The Hall–Kier alpha value is -0.900. The molecule has 2 saturated carbocycles. The highest BCUT2D eigenvalue weighted by atomic mass is 127. The quantitative estimate of drug-likeness (QED) is 0.385. The van der Waals surface area contributed by atoms with Crippen molar-refractivity contribution in [2.24, 2.45) is 17.5 Å². The molecule has 2 aliphatic rings. The molecule has 0 bridgehead atoms. The summed E-state index contributed by atoms with van der Waals surface area (Å²) in [5.74, 6) is 1.73. The van der Waals surface area contributed by atoms with E-state index in [1.807, 2.05) is 7.05 Å². The second-order valence-electron chi connectivity index (χ2n) is 6.81. The molecule has 2 aliphatic carbocycles. The first-order valence-corrected chi connectivity index (χ1v) is 9.19. The topological polar surface area (TPSA) is 76.4 Å². The maximum absolute atomic E-state index is 6.00. The minimum absolute atomic E-state index is 0. The zero-order chi connectivity index (χ0) is 17.0. The highest BCUT2D eigenvalue weighted by Crippen LogP contribution is 2.54. The van der Waals surface area contributed by atoms with E-state index in [1.165, 1.54) is 25.7 Å². The van der Waals surface area contributed by atoms with Crippen LogP contribution in [0.3, 0.4) is 0 Å². The van der Waals surface area contributed by atoms with Crippen LogP contribution in [0.5, 0.6) is 0 Å². The first kappa shape index (κ1) is 20.4. The van der Waals surface area contributed by atoms with Gasteiger partial charge in [0.05, 0.1) is 6.10 Å². The van der Waals surface area contributed by atoms with Gasteiger partial charge in [0.15, 0.2) is 5.96 Å². The van der Waals surface area contributed by atoms with Crippen LogP contribution in [0, 0.1) is 5.41 Å². The van der Waals surface area contributed by atoms with E-state index < -0.39 is 0 Å². The number of hydrogen-bond acceptors (Lipinski definition) is 4. The number of nitrogens with zero attached hydrogens (tertiary/aromatic N) is 4. The van der Waals surface area contributed by atoms with Gasteiger partial charge < -0.3 is 15.4 Å². The third-order valence-electron chi connectivity index (χ3n) is 5.53. The van der Waals surface area contributed by atoms with Gasteiger partial charge in [-0.2, -0.15) is 5.10 Å². The zero-order valence-corrected chi connectivity index (χ0v) is 17.8. The maximum Gasteiger partial charge on any atom is 0.191 e. The molecule has 0 aromatic carbocycles. The molecule has 1 heterocycles. The van der Waals surface area contributed by atoms with E-state index in [4.69, 9.17) is 9.73 Å². The number of ether oxygens (including phenoxy) is 1. The first-order chi connectivity index (χ1) is 11.7. The fourth-order valence-corrected chi connectivity index (χ4v) is 4.19. The Morgan fingerprint density at radius 2 is 2.16 bits per heavy atom. The van der Waals surface area contributed by atoms with Crippen molar-refractivity contribution in [3.05, 3.63) is 12.2 Å². The number of rotatable bonds is 6. The van der Waals surface area contributed by atoms with E-state index >= 15 is 0 Å². The molecule has 0 amide bonds. The molecular weight excluding hydrogens is 431 g/mol. The van der Waals surface area contributed by atoms with Gasteiger partial charge in [0.1, 0.15) is 18.7 Å². The average molecular weight is 462 g/mol. The Morgan fingerprint density at radius 3 is 2.76 bits per heavy atom. The van der Waals surface area contributed by atoms with Crippen LogP contribution in [0.4, 0.5) is 0 Å². The summed E-state index contributed by atoms with van der Waals surface area (Å²) < 4.78 is 7.76. The van der Waals surface area contributed by atoms with E-state index in [0.29, 0.717) is 24.1 Å². The van der Waals surface area contributed by atoms with Crippen LogP contribution in [0.25, 0.3) is 0 Å². The summed E-state index contributed by atoms with van der Waals surface area (Å²) in [5.41, 5.74) is 0.303. The van der Waals surface area contributed by atoms with E-state index in [1.54, 1.807) is 11.0 Å². The van der Waals surface area contributed by atoms with Crippen molar-refractivity contribution >= 4 is 29.9 Å². The highest BCUT2D eigenvalue weighted by Gasteiger charge is 2.56. The number of aliphatic imine (C=N–C) groups is 1. The van der Waals surface area contributed by atoms with E-state index in [0.717, 1.165) is 31.4 Å². The van der Waals surface area contributed by atoms with E-state index in [2.05, 4.69) is 34.6 Å². The monoisotopic (exact) mass is 462 g/mol. The Kier molecular flexibility index (Phi) is 7.48. The number of aryl methyl sites for hydroxylation is 1. The average Bonchev–Trinajstić information content (AvgIpc) is 3.22. The molecule has 8 heteroatoms. The van der Waals surface area contributed by atoms with E-state index in [-0.39, 0.29) is 24.0 Å². The Morgan fingerprint density at radius 1 is 1.40 bits per heavy atom. The number of aromatic nitrogens is 3. The van der Waals surface area contributed by atoms with Gasteiger partial charge >= 0.3 is 0 Å². The van der Waals surface area contributed by atoms with Gasteiger partial charge in [0.25, 0.3) is 0 Å². The smallest absolute Gasteiger partial charge is 0.191 e. The van der Waals surface area contributed by atoms with Crippen LogP contribution >= 0.6 is 24.0 Å². The second kappa shape index (κ2) is 9.16. The van der Waals surface area contributed by atoms with Gasteiger partial charge in [-0.3, -0.25) is 4.68 Å². The lowest BCUT2D eigenvalue weighted by molar-refractivity contribution is -0.125. The Bertz CT molecular complexity index is 569. The van der Waals surface area contributed by atoms with Crippen molar-refractivity contribution in [1.82, 2.24) is 25.4 Å². The predicted molar refractivity (Wildman–Crippen MR) is 109 cm³/mol. The lowest BCUT2D eigenvalue weighted by atomic mass is 9.60. The molecule has 2 fully saturated rings.